The molecular weight excluding hydrogens is 252 g/mol. The van der Waals surface area contributed by atoms with E-state index < -0.39 is 0 Å². The number of esters is 1. The summed E-state index contributed by atoms with van der Waals surface area (Å²) < 4.78 is 4.88. The second kappa shape index (κ2) is 9.35. The molecule has 0 aromatic heterocycles. The molecule has 1 fully saturated rings. The summed E-state index contributed by atoms with van der Waals surface area (Å²) in [6.45, 7) is 11.0. The van der Waals surface area contributed by atoms with Gasteiger partial charge in [0, 0.05) is 6.54 Å². The van der Waals surface area contributed by atoms with Crippen molar-refractivity contribution in [3.63, 3.8) is 0 Å². The van der Waals surface area contributed by atoms with Gasteiger partial charge in [0.15, 0.2) is 0 Å². The van der Waals surface area contributed by atoms with Gasteiger partial charge in [-0.05, 0) is 57.2 Å². The van der Waals surface area contributed by atoms with Crippen molar-refractivity contribution in [3.8, 4) is 0 Å². The number of hydrogen-bond acceptors (Lipinski definition) is 4. The topological polar surface area (TPSA) is 41.6 Å². The number of hydrogen-bond donors (Lipinski definition) is 1. The van der Waals surface area contributed by atoms with Crippen LogP contribution in [-0.2, 0) is 9.53 Å². The number of piperidine rings is 1. The highest BCUT2D eigenvalue weighted by Gasteiger charge is 2.23. The van der Waals surface area contributed by atoms with Gasteiger partial charge < -0.3 is 15.0 Å². The number of carbonyl (C=O) groups is 1. The maximum absolute atomic E-state index is 11.7. The highest BCUT2D eigenvalue weighted by Crippen LogP contribution is 2.24. The van der Waals surface area contributed by atoms with Crippen LogP contribution in [0.15, 0.2) is 0 Å². The molecule has 1 atom stereocenters. The van der Waals surface area contributed by atoms with E-state index in [4.69, 9.17) is 4.74 Å². The molecule has 0 saturated carbocycles. The summed E-state index contributed by atoms with van der Waals surface area (Å²) in [4.78, 5) is 14.2. The summed E-state index contributed by atoms with van der Waals surface area (Å²) in [5.41, 5.74) is 0. The third-order valence-corrected chi connectivity index (χ3v) is 4.44. The van der Waals surface area contributed by atoms with Crippen LogP contribution in [0.25, 0.3) is 0 Å². The lowest BCUT2D eigenvalue weighted by Crippen LogP contribution is -2.43. The number of methoxy groups -OCH3 is 1. The largest absolute Gasteiger partial charge is 0.468 e. The van der Waals surface area contributed by atoms with Crippen LogP contribution in [0.1, 0.15) is 46.5 Å². The molecule has 1 rings (SSSR count). The molecule has 1 heterocycles. The minimum absolute atomic E-state index is 0.129. The van der Waals surface area contributed by atoms with Crippen LogP contribution in [0.5, 0.6) is 0 Å². The molecule has 118 valence electrons. The first-order valence-corrected chi connectivity index (χ1v) is 8.12. The monoisotopic (exact) mass is 284 g/mol. The Labute approximate surface area is 124 Å². The quantitative estimate of drug-likeness (QED) is 0.694. The zero-order valence-electron chi connectivity index (χ0n) is 13.7. The molecule has 1 unspecified atom stereocenters. The average molecular weight is 284 g/mol. The minimum atomic E-state index is -0.150. The molecule has 1 aliphatic heterocycles. The number of rotatable bonds is 8. The molecule has 0 aromatic carbocycles. The first-order valence-electron chi connectivity index (χ1n) is 8.12. The normalized spacial score (nSPS) is 19.2. The van der Waals surface area contributed by atoms with E-state index in [1.165, 1.54) is 33.0 Å². The maximum atomic E-state index is 11.7. The van der Waals surface area contributed by atoms with E-state index in [2.05, 4.69) is 31.0 Å². The Bertz CT molecular complexity index is 274. The molecule has 4 nitrogen and oxygen atoms in total. The van der Waals surface area contributed by atoms with E-state index in [0.29, 0.717) is 0 Å². The second-order valence-electron chi connectivity index (χ2n) is 6.24. The number of nitrogens with one attached hydrogen (secondary N) is 1. The highest BCUT2D eigenvalue weighted by molar-refractivity contribution is 5.75. The fourth-order valence-electron chi connectivity index (χ4n) is 2.92. The molecule has 1 aliphatic rings. The molecule has 20 heavy (non-hydrogen) atoms. The van der Waals surface area contributed by atoms with E-state index in [1.54, 1.807) is 0 Å². The van der Waals surface area contributed by atoms with Gasteiger partial charge in [-0.1, -0.05) is 20.8 Å². The third kappa shape index (κ3) is 5.80. The van der Waals surface area contributed by atoms with E-state index in [9.17, 15) is 4.79 Å². The van der Waals surface area contributed by atoms with Gasteiger partial charge in [-0.3, -0.25) is 4.79 Å². The van der Waals surface area contributed by atoms with Crippen molar-refractivity contribution in [3.05, 3.63) is 0 Å². The molecular formula is C16H32N2O2. The summed E-state index contributed by atoms with van der Waals surface area (Å²) in [7, 11) is 1.47. The van der Waals surface area contributed by atoms with Crippen molar-refractivity contribution in [1.29, 1.82) is 0 Å². The van der Waals surface area contributed by atoms with E-state index in [0.717, 1.165) is 37.8 Å². The molecule has 1 saturated heterocycles. The van der Waals surface area contributed by atoms with Crippen LogP contribution in [0, 0.1) is 11.8 Å². The average Bonchev–Trinajstić information content (AvgIpc) is 2.47. The smallest absolute Gasteiger partial charge is 0.322 e. The Hall–Kier alpha value is -0.610. The van der Waals surface area contributed by atoms with Gasteiger partial charge in [-0.2, -0.15) is 0 Å². The molecule has 0 radical (unpaired) electrons. The Morgan fingerprint density at radius 3 is 2.50 bits per heavy atom. The highest BCUT2D eigenvalue weighted by atomic mass is 16.5. The van der Waals surface area contributed by atoms with Gasteiger partial charge in [0.1, 0.15) is 6.04 Å². The predicted octanol–water partition coefficient (Wildman–Crippen LogP) is 2.29. The number of likely N-dealkylation sites (tertiary alicyclic amines) is 1. The Morgan fingerprint density at radius 1 is 1.35 bits per heavy atom. The van der Waals surface area contributed by atoms with Crippen molar-refractivity contribution in [2.24, 2.45) is 11.8 Å². The van der Waals surface area contributed by atoms with Crippen molar-refractivity contribution in [2.75, 3.05) is 33.3 Å². The van der Waals surface area contributed by atoms with Gasteiger partial charge in [-0.25, -0.2) is 0 Å². The van der Waals surface area contributed by atoms with Crippen molar-refractivity contribution in [1.82, 2.24) is 10.2 Å². The number of carbonyl (C=O) groups excluding carboxylic acids is 1. The Morgan fingerprint density at radius 2 is 2.00 bits per heavy atom. The van der Waals surface area contributed by atoms with Crippen LogP contribution in [0.2, 0.25) is 0 Å². The standard InChI is InChI=1S/C16H32N2O2/c1-5-9-17-15(16(19)20-4)8-12-18-10-6-14(7-11-18)13(2)3/h13-15,17H,5-12H2,1-4H3. The van der Waals surface area contributed by atoms with Gasteiger partial charge in [-0.15, -0.1) is 0 Å². The SMILES string of the molecule is CCCNC(CCN1CCC(C(C)C)CC1)C(=O)OC. The maximum Gasteiger partial charge on any atom is 0.322 e. The molecule has 4 heteroatoms. The first-order chi connectivity index (χ1) is 9.58. The third-order valence-electron chi connectivity index (χ3n) is 4.44. The summed E-state index contributed by atoms with van der Waals surface area (Å²) in [6, 6.07) is -0.150. The van der Waals surface area contributed by atoms with Gasteiger partial charge in [0.2, 0.25) is 0 Å². The first kappa shape index (κ1) is 17.4. The zero-order valence-corrected chi connectivity index (χ0v) is 13.7. The fraction of sp³-hybridized carbons (Fsp3) is 0.938. The van der Waals surface area contributed by atoms with Gasteiger partial charge >= 0.3 is 5.97 Å². The Balaban J connectivity index is 2.31. The summed E-state index contributed by atoms with van der Waals surface area (Å²) in [5.74, 6) is 1.54. The van der Waals surface area contributed by atoms with Gasteiger partial charge in [0.05, 0.1) is 7.11 Å². The van der Waals surface area contributed by atoms with Crippen molar-refractivity contribution < 1.29 is 9.53 Å². The molecule has 0 aliphatic carbocycles. The molecule has 1 N–H and O–H groups in total. The van der Waals surface area contributed by atoms with Crippen LogP contribution in [0.3, 0.4) is 0 Å². The van der Waals surface area contributed by atoms with Crippen LogP contribution < -0.4 is 5.32 Å². The molecule has 0 bridgehead atoms. The van der Waals surface area contributed by atoms with E-state index in [-0.39, 0.29) is 12.0 Å². The summed E-state index contributed by atoms with van der Waals surface area (Å²) >= 11 is 0. The lowest BCUT2D eigenvalue weighted by Gasteiger charge is -2.34. The molecule has 0 amide bonds. The molecule has 0 spiro atoms. The summed E-state index contributed by atoms with van der Waals surface area (Å²) in [5, 5.41) is 3.29. The number of nitrogens with zero attached hydrogens (tertiary/aromatic N) is 1. The second-order valence-corrected chi connectivity index (χ2v) is 6.24. The lowest BCUT2D eigenvalue weighted by molar-refractivity contribution is -0.143. The van der Waals surface area contributed by atoms with Crippen LogP contribution in [0.4, 0.5) is 0 Å². The van der Waals surface area contributed by atoms with E-state index in [1.807, 2.05) is 0 Å². The predicted molar refractivity (Wildman–Crippen MR) is 82.7 cm³/mol. The fourth-order valence-corrected chi connectivity index (χ4v) is 2.92. The van der Waals surface area contributed by atoms with Crippen LogP contribution in [-0.4, -0.2) is 50.2 Å². The Kier molecular flexibility index (Phi) is 8.15. The lowest BCUT2D eigenvalue weighted by atomic mass is 9.86. The van der Waals surface area contributed by atoms with Crippen LogP contribution >= 0.6 is 0 Å². The zero-order chi connectivity index (χ0) is 15.0. The molecule has 0 aromatic rings. The number of ether oxygens (including phenoxy) is 1. The van der Waals surface area contributed by atoms with Crippen molar-refractivity contribution in [2.45, 2.75) is 52.5 Å². The minimum Gasteiger partial charge on any atom is -0.468 e. The van der Waals surface area contributed by atoms with Gasteiger partial charge in [0.25, 0.3) is 0 Å². The summed E-state index contributed by atoms with van der Waals surface area (Å²) in [6.07, 6.45) is 4.47. The van der Waals surface area contributed by atoms with E-state index >= 15 is 0 Å². The van der Waals surface area contributed by atoms with Crippen molar-refractivity contribution >= 4 is 5.97 Å².